The molecule has 1 aromatic heterocycles. The monoisotopic (exact) mass is 389 g/mol. The fourth-order valence-corrected chi connectivity index (χ4v) is 5.08. The second kappa shape index (κ2) is 6.49. The molecule has 92 valence electrons. The van der Waals surface area contributed by atoms with Gasteiger partial charge >= 0.3 is 0 Å². The number of halogens is 2. The summed E-state index contributed by atoms with van der Waals surface area (Å²) < 4.78 is 27.2. The van der Waals surface area contributed by atoms with Gasteiger partial charge in [-0.25, -0.2) is 13.1 Å². The first-order valence-electron chi connectivity index (χ1n) is 4.79. The Balaban J connectivity index is 2.67. The lowest BCUT2D eigenvalue weighted by atomic mass is 10.3. The summed E-state index contributed by atoms with van der Waals surface area (Å²) in [5.41, 5.74) is 0. The minimum absolute atomic E-state index is 0.378. The van der Waals surface area contributed by atoms with Crippen molar-refractivity contribution in [1.82, 2.24) is 4.72 Å². The summed E-state index contributed by atoms with van der Waals surface area (Å²) in [6, 6.07) is 1.65. The Labute approximate surface area is 117 Å². The van der Waals surface area contributed by atoms with Crippen LogP contribution in [0.25, 0.3) is 0 Å². The van der Waals surface area contributed by atoms with Crippen LogP contribution in [0, 0.1) is 6.92 Å². The van der Waals surface area contributed by atoms with Crippen molar-refractivity contribution < 1.29 is 8.42 Å². The van der Waals surface area contributed by atoms with Crippen LogP contribution < -0.4 is 4.72 Å². The number of alkyl halides is 1. The molecular weight excluding hydrogens is 378 g/mol. The Kier molecular flexibility index (Phi) is 5.93. The lowest BCUT2D eigenvalue weighted by Crippen LogP contribution is -2.24. The van der Waals surface area contributed by atoms with E-state index < -0.39 is 10.0 Å². The zero-order valence-corrected chi connectivity index (χ0v) is 13.6. The highest BCUT2D eigenvalue weighted by molar-refractivity contribution is 9.11. The van der Waals surface area contributed by atoms with Crippen LogP contribution in [0.3, 0.4) is 0 Å². The molecule has 16 heavy (non-hydrogen) atoms. The molecule has 0 saturated carbocycles. The van der Waals surface area contributed by atoms with E-state index in [0.717, 1.165) is 26.8 Å². The van der Waals surface area contributed by atoms with E-state index in [1.807, 2.05) is 6.92 Å². The summed E-state index contributed by atoms with van der Waals surface area (Å²) in [6.45, 7) is 2.29. The van der Waals surface area contributed by atoms with Crippen LogP contribution in [0.4, 0.5) is 0 Å². The number of thiophene rings is 1. The summed E-state index contributed by atoms with van der Waals surface area (Å²) in [6.07, 6.45) is 1.81. The molecule has 0 atom stereocenters. The van der Waals surface area contributed by atoms with Crippen molar-refractivity contribution in [2.75, 3.05) is 11.9 Å². The molecule has 1 aromatic rings. The van der Waals surface area contributed by atoms with Gasteiger partial charge in [-0.2, -0.15) is 0 Å². The quantitative estimate of drug-likeness (QED) is 0.598. The van der Waals surface area contributed by atoms with E-state index in [2.05, 4.69) is 36.6 Å². The van der Waals surface area contributed by atoms with Crippen LogP contribution in [-0.2, 0) is 10.0 Å². The maximum absolute atomic E-state index is 11.9. The smallest absolute Gasteiger partial charge is 0.211 e. The van der Waals surface area contributed by atoms with Crippen LogP contribution in [0.2, 0.25) is 0 Å². The van der Waals surface area contributed by atoms with Crippen LogP contribution in [0.5, 0.6) is 0 Å². The molecule has 1 heterocycles. The van der Waals surface area contributed by atoms with Crippen LogP contribution in [-0.4, -0.2) is 20.3 Å². The number of sulfonamides is 1. The van der Waals surface area contributed by atoms with Gasteiger partial charge in [0, 0.05) is 16.8 Å². The third-order valence-corrected chi connectivity index (χ3v) is 5.81. The first-order valence-corrected chi connectivity index (χ1v) is 9.00. The molecule has 0 fully saturated rings. The highest BCUT2D eigenvalue weighted by atomic mass is 79.9. The van der Waals surface area contributed by atoms with Gasteiger partial charge in [0.25, 0.3) is 0 Å². The normalized spacial score (nSPS) is 11.9. The van der Waals surface area contributed by atoms with Gasteiger partial charge in [0.2, 0.25) is 10.0 Å². The predicted octanol–water partition coefficient (Wildman–Crippen LogP) is 3.27. The average Bonchev–Trinajstić information content (AvgIpc) is 2.53. The first-order chi connectivity index (χ1) is 7.47. The maximum Gasteiger partial charge on any atom is 0.241 e. The Hall–Kier alpha value is 0.570. The number of hydrogen-bond donors (Lipinski definition) is 1. The van der Waals surface area contributed by atoms with Gasteiger partial charge in [-0.05, 0) is 41.8 Å². The Bertz CT molecular complexity index is 442. The SMILES string of the molecule is Cc1sc(Br)cc1S(=O)(=O)NCCCCBr. The topological polar surface area (TPSA) is 46.2 Å². The van der Waals surface area contributed by atoms with Crippen molar-refractivity contribution in [3.05, 3.63) is 14.7 Å². The average molecular weight is 391 g/mol. The van der Waals surface area contributed by atoms with Gasteiger partial charge in [-0.3, -0.25) is 0 Å². The molecule has 0 aromatic carbocycles. The summed E-state index contributed by atoms with van der Waals surface area (Å²) in [5.74, 6) is 0. The van der Waals surface area contributed by atoms with Gasteiger partial charge in [-0.1, -0.05) is 15.9 Å². The lowest BCUT2D eigenvalue weighted by Gasteiger charge is -2.05. The zero-order chi connectivity index (χ0) is 12.2. The summed E-state index contributed by atoms with van der Waals surface area (Å²) in [5, 5.41) is 0.901. The van der Waals surface area contributed by atoms with Gasteiger partial charge in [0.1, 0.15) is 0 Å². The lowest BCUT2D eigenvalue weighted by molar-refractivity contribution is 0.578. The molecule has 0 aliphatic heterocycles. The molecule has 0 spiro atoms. The molecular formula is C9H13Br2NO2S2. The number of unbranched alkanes of at least 4 members (excludes halogenated alkanes) is 1. The van der Waals surface area contributed by atoms with Gasteiger partial charge < -0.3 is 0 Å². The Morgan fingerprint density at radius 3 is 2.62 bits per heavy atom. The summed E-state index contributed by atoms with van der Waals surface area (Å²) in [4.78, 5) is 1.18. The highest BCUT2D eigenvalue weighted by Crippen LogP contribution is 2.29. The van der Waals surface area contributed by atoms with Gasteiger partial charge in [0.05, 0.1) is 8.68 Å². The van der Waals surface area contributed by atoms with E-state index in [9.17, 15) is 8.42 Å². The largest absolute Gasteiger partial charge is 0.241 e. The van der Waals surface area contributed by atoms with E-state index in [1.165, 1.54) is 11.3 Å². The number of rotatable bonds is 6. The molecule has 0 aliphatic rings. The fraction of sp³-hybridized carbons (Fsp3) is 0.556. The fourth-order valence-electron chi connectivity index (χ4n) is 1.20. The van der Waals surface area contributed by atoms with Crippen molar-refractivity contribution in [2.24, 2.45) is 0 Å². The van der Waals surface area contributed by atoms with E-state index in [4.69, 9.17) is 0 Å². The van der Waals surface area contributed by atoms with E-state index in [-0.39, 0.29) is 0 Å². The molecule has 1 N–H and O–H groups in total. The number of aryl methyl sites for hydroxylation is 1. The molecule has 0 amide bonds. The maximum atomic E-state index is 11.9. The summed E-state index contributed by atoms with van der Waals surface area (Å²) >= 11 is 8.03. The molecule has 0 unspecified atom stereocenters. The standard InChI is InChI=1S/C9H13Br2NO2S2/c1-7-8(6-9(11)15-7)16(13,14)12-5-3-2-4-10/h6,12H,2-5H2,1H3. The molecule has 7 heteroatoms. The van der Waals surface area contributed by atoms with Crippen molar-refractivity contribution in [3.8, 4) is 0 Å². The molecule has 1 rings (SSSR count). The minimum Gasteiger partial charge on any atom is -0.211 e. The van der Waals surface area contributed by atoms with Crippen LogP contribution >= 0.6 is 43.2 Å². The Morgan fingerprint density at radius 2 is 2.12 bits per heavy atom. The van der Waals surface area contributed by atoms with Crippen LogP contribution in [0.15, 0.2) is 14.7 Å². The predicted molar refractivity (Wildman–Crippen MR) is 75.0 cm³/mol. The number of hydrogen-bond acceptors (Lipinski definition) is 3. The van der Waals surface area contributed by atoms with Crippen LogP contribution in [0.1, 0.15) is 17.7 Å². The third-order valence-electron chi connectivity index (χ3n) is 1.98. The molecule has 0 bridgehead atoms. The molecule has 0 radical (unpaired) electrons. The third kappa shape index (κ3) is 4.10. The van der Waals surface area contributed by atoms with E-state index in [1.54, 1.807) is 6.07 Å². The van der Waals surface area contributed by atoms with Crippen molar-refractivity contribution in [3.63, 3.8) is 0 Å². The van der Waals surface area contributed by atoms with E-state index >= 15 is 0 Å². The molecule has 0 aliphatic carbocycles. The minimum atomic E-state index is -3.34. The summed E-state index contributed by atoms with van der Waals surface area (Å²) in [7, 11) is -3.34. The molecule has 3 nitrogen and oxygen atoms in total. The van der Waals surface area contributed by atoms with Gasteiger partial charge in [0.15, 0.2) is 0 Å². The van der Waals surface area contributed by atoms with Crippen molar-refractivity contribution in [2.45, 2.75) is 24.7 Å². The molecule has 0 saturated heterocycles. The van der Waals surface area contributed by atoms with Crippen molar-refractivity contribution in [1.29, 1.82) is 0 Å². The van der Waals surface area contributed by atoms with Crippen molar-refractivity contribution >= 4 is 53.2 Å². The zero-order valence-electron chi connectivity index (χ0n) is 8.79. The first kappa shape index (κ1) is 14.6. The second-order valence-corrected chi connectivity index (χ2v) is 8.43. The number of nitrogens with one attached hydrogen (secondary N) is 1. The van der Waals surface area contributed by atoms with E-state index in [0.29, 0.717) is 11.4 Å². The highest BCUT2D eigenvalue weighted by Gasteiger charge is 2.18. The Morgan fingerprint density at radius 1 is 1.44 bits per heavy atom. The van der Waals surface area contributed by atoms with Gasteiger partial charge in [-0.15, -0.1) is 11.3 Å². The second-order valence-electron chi connectivity index (χ2n) is 3.26.